The molecular weight excluding hydrogens is 424 g/mol. The summed E-state index contributed by atoms with van der Waals surface area (Å²) < 4.78 is 6.19. The van der Waals surface area contributed by atoms with Crippen LogP contribution in [0.4, 0.5) is 0 Å². The summed E-state index contributed by atoms with van der Waals surface area (Å²) in [5, 5.41) is 4.34. The van der Waals surface area contributed by atoms with Gasteiger partial charge >= 0.3 is 105 Å². The first-order valence-electron chi connectivity index (χ1n) is 9.61. The maximum absolute atomic E-state index is 5.51. The predicted molar refractivity (Wildman–Crippen MR) is 112 cm³/mol. The van der Waals surface area contributed by atoms with E-state index in [9.17, 15) is 0 Å². The Hall–Kier alpha value is -1.44. The first-order chi connectivity index (χ1) is 12.9. The van der Waals surface area contributed by atoms with E-state index in [1.54, 1.807) is 35.5 Å². The van der Waals surface area contributed by atoms with Crippen molar-refractivity contribution in [3.05, 3.63) is 82.3 Å². The second-order valence-corrected chi connectivity index (χ2v) is 14.5. The number of hydrogen-bond acceptors (Lipinski definition) is 1. The third kappa shape index (κ3) is 2.37. The Balaban J connectivity index is 0.000000121. The number of allylic oxidation sites excluding steroid dienone is 2. The van der Waals surface area contributed by atoms with Crippen LogP contribution >= 0.6 is 0 Å². The van der Waals surface area contributed by atoms with Gasteiger partial charge in [-0.25, -0.2) is 0 Å². The molecule has 1 nitrogen and oxygen atoms in total. The van der Waals surface area contributed by atoms with Crippen molar-refractivity contribution in [2.24, 2.45) is 0 Å². The van der Waals surface area contributed by atoms with Crippen molar-refractivity contribution in [2.45, 2.75) is 36.1 Å². The van der Waals surface area contributed by atoms with Gasteiger partial charge in [0.05, 0.1) is 14.3 Å². The molecule has 2 bridgehead atoms. The average Bonchev–Trinajstić information content (AvgIpc) is 3.33. The summed E-state index contributed by atoms with van der Waals surface area (Å²) in [6.45, 7) is 9.38. The van der Waals surface area contributed by atoms with Crippen LogP contribution < -0.4 is 0 Å². The summed E-state index contributed by atoms with van der Waals surface area (Å²) in [6, 6.07) is 15.3. The molecule has 0 fully saturated rings. The van der Waals surface area contributed by atoms with E-state index in [0.29, 0.717) is 3.63 Å². The molecule has 2 unspecified atom stereocenters. The van der Waals surface area contributed by atoms with Gasteiger partial charge in [-0.15, -0.1) is 0 Å². The summed E-state index contributed by atoms with van der Waals surface area (Å²) in [5.74, 6) is 1.22. The third-order valence-corrected chi connectivity index (χ3v) is 12.6. The molecule has 3 heterocycles. The van der Waals surface area contributed by atoms with Crippen molar-refractivity contribution < 1.29 is 29.1 Å². The molecule has 133 valence electrons. The van der Waals surface area contributed by atoms with Gasteiger partial charge in [0.25, 0.3) is 0 Å². The van der Waals surface area contributed by atoms with Crippen LogP contribution in [-0.4, -0.2) is 8.07 Å². The molecule has 3 aromatic rings. The predicted octanol–water partition coefficient (Wildman–Crippen LogP) is 6.80. The molecular formula is C24H23OSiZr. The van der Waals surface area contributed by atoms with Gasteiger partial charge in [0.1, 0.15) is 5.76 Å². The third-order valence-electron chi connectivity index (χ3n) is 6.57. The van der Waals surface area contributed by atoms with Gasteiger partial charge in [-0.1, -0.05) is 18.7 Å². The van der Waals surface area contributed by atoms with E-state index >= 15 is 0 Å². The van der Waals surface area contributed by atoms with Crippen molar-refractivity contribution >= 4 is 30.1 Å². The van der Waals surface area contributed by atoms with Crippen LogP contribution in [0.3, 0.4) is 0 Å². The number of furan rings is 1. The monoisotopic (exact) mass is 445 g/mol. The Labute approximate surface area is 177 Å². The summed E-state index contributed by atoms with van der Waals surface area (Å²) in [5.41, 5.74) is 8.32. The van der Waals surface area contributed by atoms with Crippen LogP contribution in [0.2, 0.25) is 13.1 Å². The normalized spacial score (nSPS) is 23.3. The van der Waals surface area contributed by atoms with Crippen molar-refractivity contribution in [2.75, 3.05) is 0 Å². The molecule has 7 rings (SSSR count). The second-order valence-electron chi connectivity index (χ2n) is 8.53. The fraction of sp³-hybridized carbons (Fsp3) is 0.250. The minimum atomic E-state index is -1.08. The van der Waals surface area contributed by atoms with E-state index in [0.717, 1.165) is 5.54 Å². The van der Waals surface area contributed by atoms with E-state index in [-0.39, 0.29) is 0 Å². The Morgan fingerprint density at radius 3 is 2.48 bits per heavy atom. The van der Waals surface area contributed by atoms with E-state index in [2.05, 4.69) is 75.5 Å². The van der Waals surface area contributed by atoms with E-state index in [1.165, 1.54) is 38.8 Å². The van der Waals surface area contributed by atoms with Gasteiger partial charge in [-0.05, 0) is 18.2 Å². The number of fused-ring (bicyclic) bond motifs is 3. The summed E-state index contributed by atoms with van der Waals surface area (Å²) in [7, 11) is -1.08. The Bertz CT molecular complexity index is 1150. The molecule has 0 spiro atoms. The topological polar surface area (TPSA) is 13.1 Å². The first kappa shape index (κ1) is 17.6. The van der Waals surface area contributed by atoms with Crippen molar-refractivity contribution in [1.29, 1.82) is 0 Å². The van der Waals surface area contributed by atoms with Gasteiger partial charge in [0, 0.05) is 11.1 Å². The van der Waals surface area contributed by atoms with E-state index in [1.807, 2.05) is 6.26 Å². The molecule has 2 aliphatic heterocycles. The van der Waals surface area contributed by atoms with Gasteiger partial charge in [-0.2, -0.15) is 0 Å². The molecule has 0 saturated carbocycles. The van der Waals surface area contributed by atoms with Crippen LogP contribution in [0, 0.1) is 0 Å². The summed E-state index contributed by atoms with van der Waals surface area (Å²) in [4.78, 5) is 0. The van der Waals surface area contributed by atoms with Crippen LogP contribution in [0.25, 0.3) is 22.0 Å². The van der Waals surface area contributed by atoms with Crippen LogP contribution in [-0.2, 0) is 24.7 Å². The fourth-order valence-corrected chi connectivity index (χ4v) is 10.5. The molecule has 3 heteroatoms. The molecule has 0 amide bonds. The molecule has 27 heavy (non-hydrogen) atoms. The van der Waals surface area contributed by atoms with Crippen molar-refractivity contribution in [3.63, 3.8) is 0 Å². The molecule has 2 aliphatic carbocycles. The average molecular weight is 447 g/mol. The zero-order valence-electron chi connectivity index (χ0n) is 16.3. The fourth-order valence-electron chi connectivity index (χ4n) is 5.39. The van der Waals surface area contributed by atoms with Gasteiger partial charge in [-0.3, -0.25) is 0 Å². The van der Waals surface area contributed by atoms with Crippen LogP contribution in [0.15, 0.2) is 64.3 Å². The summed E-state index contributed by atoms with van der Waals surface area (Å²) >= 11 is 1.60. The molecule has 2 atom stereocenters. The Morgan fingerprint density at radius 1 is 0.963 bits per heavy atom. The Kier molecular flexibility index (Phi) is 3.94. The van der Waals surface area contributed by atoms with Gasteiger partial charge in [0.2, 0.25) is 0 Å². The molecule has 2 aromatic carbocycles. The number of rotatable bonds is 0. The quantitative estimate of drug-likeness (QED) is 0.346. The van der Waals surface area contributed by atoms with Gasteiger partial charge in [0.15, 0.2) is 0 Å². The first-order valence-corrected chi connectivity index (χ1v) is 14.1. The zero-order chi connectivity index (χ0) is 18.9. The molecule has 0 radical (unpaired) electrons. The number of hydrogen-bond donors (Lipinski definition) is 0. The zero-order valence-corrected chi connectivity index (χ0v) is 19.7. The standard InChI is InChI=1S/C14H11.C10H12OSi.Zr/c1-10-8-12-7-6-11-4-2-3-5-13(11)14(12)9-10;1-6-9-7-4-5-11-8(7)10(6)12(9,2)3;/h2-9H,1H3;4-5,9H,1-3H3;. The maximum atomic E-state index is 5.51. The minimum absolute atomic E-state index is 0.678. The van der Waals surface area contributed by atoms with Crippen LogP contribution in [0.5, 0.6) is 0 Å². The second kappa shape index (κ2) is 6.03. The van der Waals surface area contributed by atoms with Crippen molar-refractivity contribution in [3.8, 4) is 0 Å². The molecule has 0 N–H and O–H groups in total. The molecule has 0 saturated heterocycles. The van der Waals surface area contributed by atoms with E-state index < -0.39 is 8.07 Å². The SMILES string of the molecule is CC1=C2c3occc3C1[Si]2(C)C.CC1=Cc2c(ccc3ccccc23)[CH]1[Zr]. The van der Waals surface area contributed by atoms with Crippen LogP contribution in [0.1, 0.15) is 45.5 Å². The molecule has 4 aliphatic rings. The summed E-state index contributed by atoms with van der Waals surface area (Å²) in [6.07, 6.45) is 4.19. The van der Waals surface area contributed by atoms with Gasteiger partial charge < -0.3 is 4.42 Å². The Morgan fingerprint density at radius 2 is 1.74 bits per heavy atom. The molecule has 1 aromatic heterocycles. The van der Waals surface area contributed by atoms with Crippen molar-refractivity contribution in [1.82, 2.24) is 0 Å². The number of benzene rings is 2. The van der Waals surface area contributed by atoms with E-state index in [4.69, 9.17) is 4.42 Å².